The van der Waals surface area contributed by atoms with Gasteiger partial charge in [0.2, 0.25) is 12.0 Å². The number of nitrogens with zero attached hydrogens (tertiary/aromatic N) is 3. The molecule has 2 unspecified atom stereocenters. The zero-order valence-corrected chi connectivity index (χ0v) is 17.6. The summed E-state index contributed by atoms with van der Waals surface area (Å²) in [4.78, 5) is 17.6. The minimum atomic E-state index is -4.74. The summed E-state index contributed by atoms with van der Waals surface area (Å²) in [7, 11) is 0. The molecule has 2 aromatic rings. The lowest BCUT2D eigenvalue weighted by atomic mass is 10.1. The van der Waals surface area contributed by atoms with Gasteiger partial charge in [0, 0.05) is 36.1 Å². The number of nitriles is 1. The molecule has 1 aliphatic rings. The number of benzene rings is 1. The van der Waals surface area contributed by atoms with Crippen LogP contribution in [-0.2, 0) is 4.74 Å². The molecule has 1 aromatic heterocycles. The molecule has 2 atom stereocenters. The van der Waals surface area contributed by atoms with Crippen LogP contribution in [0.3, 0.4) is 0 Å². The van der Waals surface area contributed by atoms with E-state index in [1.165, 1.54) is 47.5 Å². The molecule has 0 saturated carbocycles. The van der Waals surface area contributed by atoms with Gasteiger partial charge in [0.25, 0.3) is 0 Å². The molecule has 0 spiro atoms. The van der Waals surface area contributed by atoms with Gasteiger partial charge < -0.3 is 9.47 Å². The van der Waals surface area contributed by atoms with Gasteiger partial charge in [-0.2, -0.15) is 18.4 Å². The largest absolute Gasteiger partial charge is 0.473 e. The molecule has 2 heterocycles. The molecule has 1 aromatic carbocycles. The number of carbonyl (C=O) groups is 1. The van der Waals surface area contributed by atoms with Crippen LogP contribution < -0.4 is 10.1 Å². The van der Waals surface area contributed by atoms with Gasteiger partial charge in [-0.15, -0.1) is 0 Å². The summed E-state index contributed by atoms with van der Waals surface area (Å²) in [6.45, 7) is 0.0799. The van der Waals surface area contributed by atoms with Gasteiger partial charge in [-0.1, -0.05) is 11.6 Å². The Bertz CT molecular complexity index is 966. The number of piperidine rings is 1. The Morgan fingerprint density at radius 2 is 2.09 bits per heavy atom. The highest BCUT2D eigenvalue weighted by Gasteiger charge is 2.44. The fourth-order valence-corrected chi connectivity index (χ4v) is 3.37. The minimum Gasteiger partial charge on any atom is -0.473 e. The van der Waals surface area contributed by atoms with Crippen LogP contribution in [0.25, 0.3) is 0 Å². The molecular formula is C21H20ClF3N4O3. The minimum absolute atomic E-state index is 0.202. The summed E-state index contributed by atoms with van der Waals surface area (Å²) in [6, 6.07) is 10.9. The number of anilines is 1. The molecule has 1 N–H and O–H groups in total. The van der Waals surface area contributed by atoms with Crippen molar-refractivity contribution in [3.63, 3.8) is 0 Å². The number of amides is 1. The number of rotatable bonds is 6. The second-order valence-electron chi connectivity index (χ2n) is 7.20. The summed E-state index contributed by atoms with van der Waals surface area (Å²) in [5.74, 6) is 0.238. The normalized spacial score (nSPS) is 17.8. The van der Waals surface area contributed by atoms with Gasteiger partial charge >= 0.3 is 12.3 Å². The second-order valence-corrected chi connectivity index (χ2v) is 7.64. The molecule has 11 heteroatoms. The van der Waals surface area contributed by atoms with Crippen LogP contribution in [-0.4, -0.2) is 54.0 Å². The van der Waals surface area contributed by atoms with Crippen LogP contribution in [0.4, 0.5) is 23.7 Å². The molecule has 0 aliphatic carbocycles. The van der Waals surface area contributed by atoms with E-state index in [2.05, 4.69) is 10.3 Å². The average Bonchev–Trinajstić information content (AvgIpc) is 2.75. The van der Waals surface area contributed by atoms with Crippen molar-refractivity contribution in [3.8, 4) is 11.9 Å². The van der Waals surface area contributed by atoms with Crippen molar-refractivity contribution in [2.24, 2.45) is 0 Å². The number of alkyl halides is 3. The van der Waals surface area contributed by atoms with E-state index in [4.69, 9.17) is 26.3 Å². The Hall–Kier alpha value is -3.03. The third-order valence-electron chi connectivity index (χ3n) is 4.74. The lowest BCUT2D eigenvalue weighted by Crippen LogP contribution is -2.49. The Morgan fingerprint density at radius 1 is 1.34 bits per heavy atom. The van der Waals surface area contributed by atoms with Crippen molar-refractivity contribution in [2.75, 3.05) is 25.0 Å². The Kier molecular flexibility index (Phi) is 7.77. The van der Waals surface area contributed by atoms with E-state index in [0.717, 1.165) is 0 Å². The van der Waals surface area contributed by atoms with Crippen molar-refractivity contribution >= 4 is 23.4 Å². The smallest absolute Gasteiger partial charge is 0.426 e. The predicted octanol–water partition coefficient (Wildman–Crippen LogP) is 4.63. The highest BCUT2D eigenvalue weighted by Crippen LogP contribution is 2.26. The van der Waals surface area contributed by atoms with Crippen molar-refractivity contribution in [2.45, 2.75) is 31.2 Å². The van der Waals surface area contributed by atoms with Gasteiger partial charge in [0.15, 0.2) is 0 Å². The number of hydrogen-bond donors (Lipinski definition) is 1. The van der Waals surface area contributed by atoms with Crippen molar-refractivity contribution < 1.29 is 27.4 Å². The molecule has 170 valence electrons. The first-order valence-corrected chi connectivity index (χ1v) is 10.2. The number of halogens is 4. The Morgan fingerprint density at radius 3 is 2.78 bits per heavy atom. The van der Waals surface area contributed by atoms with E-state index in [0.29, 0.717) is 30.0 Å². The van der Waals surface area contributed by atoms with Crippen molar-refractivity contribution in [1.82, 2.24) is 9.88 Å². The summed E-state index contributed by atoms with van der Waals surface area (Å²) in [5, 5.41) is 11.7. The highest BCUT2D eigenvalue weighted by atomic mass is 35.5. The summed E-state index contributed by atoms with van der Waals surface area (Å²) < 4.78 is 51.0. The number of nitrogens with one attached hydrogen (secondary N) is 1. The molecule has 32 heavy (non-hydrogen) atoms. The Labute approximate surface area is 187 Å². The SMILES string of the molecule is N#Cc1ccnc(OC2CCCN(CC(OC(=O)Nc3ccc(Cl)cc3)C(F)(F)F)C2)c1. The molecule has 1 amide bonds. The van der Waals surface area contributed by atoms with E-state index < -0.39 is 31.0 Å². The summed E-state index contributed by atoms with van der Waals surface area (Å²) >= 11 is 5.75. The monoisotopic (exact) mass is 468 g/mol. The summed E-state index contributed by atoms with van der Waals surface area (Å²) in [6.07, 6.45) is -6.00. The quantitative estimate of drug-likeness (QED) is 0.665. The molecule has 0 radical (unpaired) electrons. The number of carbonyl (C=O) groups excluding carboxylic acids is 1. The lowest BCUT2D eigenvalue weighted by Gasteiger charge is -2.34. The number of ether oxygens (including phenoxy) is 2. The van der Waals surface area contributed by atoms with Crippen LogP contribution in [0.15, 0.2) is 42.6 Å². The number of hydrogen-bond acceptors (Lipinski definition) is 6. The zero-order chi connectivity index (χ0) is 23.1. The van der Waals surface area contributed by atoms with E-state index in [1.54, 1.807) is 0 Å². The molecule has 1 aliphatic heterocycles. The molecule has 1 fully saturated rings. The third kappa shape index (κ3) is 7.00. The maximum atomic E-state index is 13.5. The van der Waals surface area contributed by atoms with E-state index >= 15 is 0 Å². The second kappa shape index (κ2) is 10.5. The topological polar surface area (TPSA) is 87.5 Å². The Balaban J connectivity index is 1.58. The standard InChI is InChI=1S/C21H20ClF3N4O3/c22-15-3-5-16(6-4-15)28-20(30)32-18(21(23,24)25)13-29-9-1-2-17(12-29)31-19-10-14(11-26)7-8-27-19/h3-8,10,17-18H,1-2,9,12-13H2,(H,28,30). The van der Waals surface area contributed by atoms with E-state index in [-0.39, 0.29) is 18.1 Å². The van der Waals surface area contributed by atoms with Crippen LogP contribution in [0.1, 0.15) is 18.4 Å². The summed E-state index contributed by atoms with van der Waals surface area (Å²) in [5.41, 5.74) is 0.638. The molecule has 7 nitrogen and oxygen atoms in total. The molecule has 3 rings (SSSR count). The van der Waals surface area contributed by atoms with Crippen molar-refractivity contribution in [3.05, 3.63) is 53.2 Å². The maximum absolute atomic E-state index is 13.5. The molecule has 0 bridgehead atoms. The van der Waals surface area contributed by atoms with Gasteiger partial charge in [-0.3, -0.25) is 10.2 Å². The third-order valence-corrected chi connectivity index (χ3v) is 4.99. The van der Waals surface area contributed by atoms with Crippen LogP contribution in [0.2, 0.25) is 5.02 Å². The van der Waals surface area contributed by atoms with Crippen LogP contribution in [0, 0.1) is 11.3 Å². The number of likely N-dealkylation sites (tertiary alicyclic amines) is 1. The number of pyridine rings is 1. The fraction of sp³-hybridized carbons (Fsp3) is 0.381. The zero-order valence-electron chi connectivity index (χ0n) is 16.8. The number of aromatic nitrogens is 1. The molecule has 1 saturated heterocycles. The maximum Gasteiger partial charge on any atom is 0.426 e. The van der Waals surface area contributed by atoms with Gasteiger partial charge in [0.05, 0.1) is 11.6 Å². The average molecular weight is 469 g/mol. The van der Waals surface area contributed by atoms with E-state index in [9.17, 15) is 18.0 Å². The fourth-order valence-electron chi connectivity index (χ4n) is 3.24. The van der Waals surface area contributed by atoms with Crippen LogP contribution >= 0.6 is 11.6 Å². The van der Waals surface area contributed by atoms with Gasteiger partial charge in [-0.25, -0.2) is 9.78 Å². The van der Waals surface area contributed by atoms with Crippen molar-refractivity contribution in [1.29, 1.82) is 5.26 Å². The predicted molar refractivity (Wildman–Crippen MR) is 110 cm³/mol. The van der Waals surface area contributed by atoms with Gasteiger partial charge in [0.1, 0.15) is 6.10 Å². The first kappa shape index (κ1) is 23.6. The first-order chi connectivity index (χ1) is 15.2. The van der Waals surface area contributed by atoms with E-state index in [1.807, 2.05) is 6.07 Å². The highest BCUT2D eigenvalue weighted by molar-refractivity contribution is 6.30. The van der Waals surface area contributed by atoms with Crippen LogP contribution in [0.5, 0.6) is 5.88 Å². The lowest BCUT2D eigenvalue weighted by molar-refractivity contribution is -0.207. The van der Waals surface area contributed by atoms with Gasteiger partial charge in [-0.05, 0) is 49.7 Å². The molecular weight excluding hydrogens is 449 g/mol. The first-order valence-electron chi connectivity index (χ1n) is 9.78.